The van der Waals surface area contributed by atoms with E-state index in [4.69, 9.17) is 0 Å². The summed E-state index contributed by atoms with van der Waals surface area (Å²) in [6.07, 6.45) is 8.33. The largest absolute Gasteiger partial charge is 0.351 e. The minimum Gasteiger partial charge on any atom is -0.351 e. The third-order valence-corrected chi connectivity index (χ3v) is 5.55. The Kier molecular flexibility index (Phi) is 5.47. The van der Waals surface area contributed by atoms with E-state index in [0.717, 1.165) is 24.1 Å². The first-order valence-electron chi connectivity index (χ1n) is 9.06. The molecule has 0 atom stereocenters. The van der Waals surface area contributed by atoms with Gasteiger partial charge in [-0.05, 0) is 35.4 Å². The zero-order chi connectivity index (χ0) is 18.5. The van der Waals surface area contributed by atoms with Gasteiger partial charge in [0.2, 0.25) is 11.1 Å². The zero-order valence-electron chi connectivity index (χ0n) is 14.9. The van der Waals surface area contributed by atoms with Gasteiger partial charge in [-0.3, -0.25) is 4.79 Å². The molecule has 0 bridgehead atoms. The van der Waals surface area contributed by atoms with E-state index in [2.05, 4.69) is 25.9 Å². The number of tetrazole rings is 1. The second-order valence-electron chi connectivity index (χ2n) is 6.54. The number of benzene rings is 1. The molecule has 1 amide bonds. The fraction of sp³-hybridized carbons (Fsp3) is 0.389. The van der Waals surface area contributed by atoms with Gasteiger partial charge in [0, 0.05) is 18.3 Å². The van der Waals surface area contributed by atoms with Gasteiger partial charge >= 0.3 is 0 Å². The summed E-state index contributed by atoms with van der Waals surface area (Å²) in [4.78, 5) is 12.2. The Morgan fingerprint density at radius 1 is 1.22 bits per heavy atom. The number of amides is 1. The van der Waals surface area contributed by atoms with E-state index in [0.29, 0.717) is 23.5 Å². The van der Waals surface area contributed by atoms with E-state index < -0.39 is 0 Å². The van der Waals surface area contributed by atoms with Crippen molar-refractivity contribution in [3.8, 4) is 5.69 Å². The van der Waals surface area contributed by atoms with Crippen molar-refractivity contribution in [2.24, 2.45) is 0 Å². The smallest absolute Gasteiger partial charge is 0.230 e. The van der Waals surface area contributed by atoms with Gasteiger partial charge in [-0.2, -0.15) is 5.10 Å². The van der Waals surface area contributed by atoms with Crippen LogP contribution in [0.3, 0.4) is 0 Å². The van der Waals surface area contributed by atoms with Gasteiger partial charge in [-0.25, -0.2) is 9.36 Å². The number of thioether (sulfide) groups is 1. The monoisotopic (exact) mass is 383 g/mol. The number of aromatic nitrogens is 6. The van der Waals surface area contributed by atoms with Crippen molar-refractivity contribution in [3.63, 3.8) is 0 Å². The van der Waals surface area contributed by atoms with Crippen molar-refractivity contribution < 1.29 is 4.79 Å². The number of rotatable bonds is 7. The topological polar surface area (TPSA) is 90.5 Å². The number of nitrogens with one attached hydrogen (secondary N) is 1. The highest BCUT2D eigenvalue weighted by Crippen LogP contribution is 2.31. The van der Waals surface area contributed by atoms with Crippen molar-refractivity contribution in [2.45, 2.75) is 43.4 Å². The van der Waals surface area contributed by atoms with Crippen molar-refractivity contribution in [1.29, 1.82) is 0 Å². The molecule has 4 rings (SSSR count). The fourth-order valence-electron chi connectivity index (χ4n) is 3.21. The molecule has 1 saturated carbocycles. The van der Waals surface area contributed by atoms with E-state index in [9.17, 15) is 4.79 Å². The van der Waals surface area contributed by atoms with Crippen LogP contribution in [0.25, 0.3) is 5.69 Å². The second-order valence-corrected chi connectivity index (χ2v) is 7.48. The second kappa shape index (κ2) is 8.34. The molecule has 0 radical (unpaired) electrons. The van der Waals surface area contributed by atoms with Crippen LogP contribution in [0.1, 0.15) is 37.3 Å². The predicted octanol–water partition coefficient (Wildman–Crippen LogP) is 2.38. The molecule has 1 aromatic carbocycles. The van der Waals surface area contributed by atoms with Gasteiger partial charge in [0.1, 0.15) is 0 Å². The molecular weight excluding hydrogens is 362 g/mol. The molecule has 0 saturated heterocycles. The molecule has 9 heteroatoms. The highest BCUT2D eigenvalue weighted by molar-refractivity contribution is 7.99. The van der Waals surface area contributed by atoms with Gasteiger partial charge in [0.05, 0.1) is 23.7 Å². The van der Waals surface area contributed by atoms with Crippen LogP contribution in [0.2, 0.25) is 0 Å². The number of nitrogens with zero attached hydrogens (tertiary/aromatic N) is 6. The molecule has 2 aromatic heterocycles. The van der Waals surface area contributed by atoms with Crippen LogP contribution < -0.4 is 5.32 Å². The summed E-state index contributed by atoms with van der Waals surface area (Å²) in [6.45, 7) is 0.444. The van der Waals surface area contributed by atoms with E-state index in [1.54, 1.807) is 10.9 Å². The maximum Gasteiger partial charge on any atom is 0.230 e. The van der Waals surface area contributed by atoms with Crippen molar-refractivity contribution in [2.75, 3.05) is 5.75 Å². The lowest BCUT2D eigenvalue weighted by molar-refractivity contribution is -0.118. The molecule has 8 nitrogen and oxygen atoms in total. The first kappa shape index (κ1) is 17.7. The summed E-state index contributed by atoms with van der Waals surface area (Å²) < 4.78 is 3.67. The Morgan fingerprint density at radius 3 is 2.85 bits per heavy atom. The van der Waals surface area contributed by atoms with E-state index in [-0.39, 0.29) is 5.91 Å². The Labute approximate surface area is 161 Å². The minimum atomic E-state index is -0.0477. The molecule has 27 heavy (non-hydrogen) atoms. The Bertz CT molecular complexity index is 886. The molecule has 0 aliphatic heterocycles. The highest BCUT2D eigenvalue weighted by atomic mass is 32.2. The van der Waals surface area contributed by atoms with Crippen molar-refractivity contribution in [3.05, 3.63) is 48.3 Å². The molecular formula is C18H21N7OS. The van der Waals surface area contributed by atoms with Crippen LogP contribution in [0.5, 0.6) is 0 Å². The third-order valence-electron chi connectivity index (χ3n) is 4.61. The molecule has 2 heterocycles. The fourth-order valence-corrected chi connectivity index (χ4v) is 3.99. The zero-order valence-corrected chi connectivity index (χ0v) is 15.7. The number of carbonyl (C=O) groups excluding carboxylic acids is 1. The van der Waals surface area contributed by atoms with Crippen LogP contribution in [0.15, 0.2) is 47.9 Å². The van der Waals surface area contributed by atoms with Gasteiger partial charge in [-0.1, -0.05) is 42.8 Å². The Hall–Kier alpha value is -2.68. The van der Waals surface area contributed by atoms with Crippen LogP contribution in [-0.4, -0.2) is 41.6 Å². The lowest BCUT2D eigenvalue weighted by Crippen LogP contribution is -2.24. The quantitative estimate of drug-likeness (QED) is 0.630. The molecule has 1 fully saturated rings. The van der Waals surface area contributed by atoms with Gasteiger partial charge in [0.15, 0.2) is 0 Å². The maximum atomic E-state index is 12.2. The van der Waals surface area contributed by atoms with Crippen molar-refractivity contribution >= 4 is 17.7 Å². The van der Waals surface area contributed by atoms with E-state index in [1.165, 1.54) is 24.6 Å². The number of para-hydroxylation sites is 1. The Morgan fingerprint density at radius 2 is 2.04 bits per heavy atom. The average molecular weight is 383 g/mol. The molecule has 0 unspecified atom stereocenters. The van der Waals surface area contributed by atoms with Gasteiger partial charge < -0.3 is 5.32 Å². The van der Waals surface area contributed by atoms with Crippen LogP contribution in [0.4, 0.5) is 0 Å². The summed E-state index contributed by atoms with van der Waals surface area (Å²) >= 11 is 1.38. The van der Waals surface area contributed by atoms with Crippen molar-refractivity contribution in [1.82, 2.24) is 35.3 Å². The van der Waals surface area contributed by atoms with Gasteiger partial charge in [0.25, 0.3) is 0 Å². The molecule has 1 aliphatic rings. The molecule has 1 aliphatic carbocycles. The van der Waals surface area contributed by atoms with Crippen LogP contribution in [0, 0.1) is 0 Å². The molecule has 140 valence electrons. The summed E-state index contributed by atoms with van der Waals surface area (Å²) in [5.74, 6) is 0.244. The predicted molar refractivity (Wildman–Crippen MR) is 101 cm³/mol. The standard InChI is InChI=1S/C18H21N7OS/c26-17(13-27-18-21-22-23-25(18)16-8-4-5-9-16)19-10-14-11-20-24(12-14)15-6-2-1-3-7-15/h1-3,6-7,11-12,16H,4-5,8-10,13H2,(H,19,26). The molecule has 0 spiro atoms. The summed E-state index contributed by atoms with van der Waals surface area (Å²) in [5.41, 5.74) is 1.94. The lowest BCUT2D eigenvalue weighted by atomic mass is 10.3. The van der Waals surface area contributed by atoms with E-state index in [1.807, 2.05) is 41.2 Å². The Balaban J connectivity index is 1.27. The number of hydrogen-bond donors (Lipinski definition) is 1. The van der Waals surface area contributed by atoms with Crippen LogP contribution >= 0.6 is 11.8 Å². The summed E-state index contributed by atoms with van der Waals surface area (Å²) in [6, 6.07) is 10.2. The average Bonchev–Trinajstić information content (AvgIpc) is 3.46. The third kappa shape index (κ3) is 4.36. The van der Waals surface area contributed by atoms with Gasteiger partial charge in [-0.15, -0.1) is 5.10 Å². The normalized spacial score (nSPS) is 14.5. The molecule has 1 N–H and O–H groups in total. The maximum absolute atomic E-state index is 12.2. The first-order valence-corrected chi connectivity index (χ1v) is 10.0. The number of hydrogen-bond acceptors (Lipinski definition) is 6. The molecule has 3 aromatic rings. The summed E-state index contributed by atoms with van der Waals surface area (Å²) in [7, 11) is 0. The first-order chi connectivity index (χ1) is 13.3. The lowest BCUT2D eigenvalue weighted by Gasteiger charge is -2.10. The summed E-state index contributed by atoms with van der Waals surface area (Å²) in [5, 5.41) is 19.9. The minimum absolute atomic E-state index is 0.0477. The van der Waals surface area contributed by atoms with Crippen LogP contribution in [-0.2, 0) is 11.3 Å². The van der Waals surface area contributed by atoms with E-state index >= 15 is 0 Å². The highest BCUT2D eigenvalue weighted by Gasteiger charge is 2.22. The number of carbonyl (C=O) groups is 1. The SMILES string of the molecule is O=C(CSc1nnnn1C1CCCC1)NCc1cnn(-c2ccccc2)c1.